The highest BCUT2D eigenvalue weighted by Gasteiger charge is 2.51. The van der Waals surface area contributed by atoms with Crippen LogP contribution in [0.2, 0.25) is 0 Å². The summed E-state index contributed by atoms with van der Waals surface area (Å²) in [5, 5.41) is 4.55. The summed E-state index contributed by atoms with van der Waals surface area (Å²) in [6, 6.07) is 2.31. The van der Waals surface area contributed by atoms with E-state index in [1.807, 2.05) is 23.1 Å². The second-order valence-corrected chi connectivity index (χ2v) is 6.89. The predicted octanol–water partition coefficient (Wildman–Crippen LogP) is 4.18. The smallest absolute Gasteiger partial charge is 0.0605 e. The van der Waals surface area contributed by atoms with Crippen LogP contribution >= 0.6 is 23.1 Å². The fraction of sp³-hybridized carbons (Fsp3) is 0.500. The third-order valence-electron chi connectivity index (χ3n) is 3.92. The Morgan fingerprint density at radius 3 is 3.07 bits per heavy atom. The van der Waals surface area contributed by atoms with Crippen LogP contribution in [0.4, 0.5) is 0 Å². The summed E-state index contributed by atoms with van der Waals surface area (Å²) in [5.41, 5.74) is 1.97. The maximum absolute atomic E-state index is 2.42. The van der Waals surface area contributed by atoms with Gasteiger partial charge in [0.15, 0.2) is 0 Å². The fourth-order valence-corrected chi connectivity index (χ4v) is 5.35. The number of fused-ring (bicyclic) bond motifs is 3. The van der Waals surface area contributed by atoms with Gasteiger partial charge in [0.2, 0.25) is 0 Å². The molecule has 0 amide bonds. The molecule has 0 aromatic carbocycles. The third-order valence-corrected chi connectivity index (χ3v) is 6.64. The van der Waals surface area contributed by atoms with Gasteiger partial charge in [0.25, 0.3) is 0 Å². The van der Waals surface area contributed by atoms with Gasteiger partial charge in [0.05, 0.1) is 4.75 Å². The van der Waals surface area contributed by atoms with Gasteiger partial charge in [0.1, 0.15) is 0 Å². The van der Waals surface area contributed by atoms with Crippen molar-refractivity contribution in [2.75, 3.05) is 0 Å². The molecular formula is C12H14S2. The van der Waals surface area contributed by atoms with E-state index in [0.29, 0.717) is 10.2 Å². The summed E-state index contributed by atoms with van der Waals surface area (Å²) in [4.78, 5) is 1.61. The number of rotatable bonds is 0. The van der Waals surface area contributed by atoms with Gasteiger partial charge in [-0.3, -0.25) is 0 Å². The van der Waals surface area contributed by atoms with Crippen LogP contribution in [0.3, 0.4) is 0 Å². The van der Waals surface area contributed by atoms with Crippen LogP contribution in [0.1, 0.15) is 30.7 Å². The first-order chi connectivity index (χ1) is 6.66. The summed E-state index contributed by atoms with van der Waals surface area (Å²) < 4.78 is 0.314. The molecule has 2 heterocycles. The average Bonchev–Trinajstić information content (AvgIpc) is 2.70. The van der Waals surface area contributed by atoms with Gasteiger partial charge >= 0.3 is 0 Å². The lowest BCUT2D eigenvalue weighted by Crippen LogP contribution is -2.38. The average molecular weight is 222 g/mol. The Hall–Kier alpha value is -0.210. The Balaban J connectivity index is 2.21. The van der Waals surface area contributed by atoms with Gasteiger partial charge < -0.3 is 0 Å². The van der Waals surface area contributed by atoms with Crippen LogP contribution in [0.25, 0.3) is 0 Å². The van der Waals surface area contributed by atoms with E-state index >= 15 is 0 Å². The molecular weight excluding hydrogens is 208 g/mol. The van der Waals surface area contributed by atoms with E-state index in [9.17, 15) is 0 Å². The molecule has 2 unspecified atom stereocenters. The Morgan fingerprint density at radius 1 is 1.36 bits per heavy atom. The molecule has 2 atom stereocenters. The van der Waals surface area contributed by atoms with Gasteiger partial charge in [-0.15, -0.1) is 23.1 Å². The van der Waals surface area contributed by atoms with E-state index in [1.165, 1.54) is 12.8 Å². The van der Waals surface area contributed by atoms with E-state index in [2.05, 4.69) is 36.8 Å². The van der Waals surface area contributed by atoms with Crippen LogP contribution in [0.15, 0.2) is 22.9 Å². The molecule has 2 heteroatoms. The molecule has 2 aliphatic rings. The van der Waals surface area contributed by atoms with Crippen molar-refractivity contribution in [2.24, 2.45) is 5.41 Å². The second kappa shape index (κ2) is 2.67. The molecule has 0 saturated heterocycles. The molecule has 0 nitrogen and oxygen atoms in total. The minimum Gasteiger partial charge on any atom is -0.147 e. The summed E-state index contributed by atoms with van der Waals surface area (Å²) in [7, 11) is 0. The number of thioether (sulfide) groups is 1. The molecule has 0 fully saturated rings. The molecule has 0 bridgehead atoms. The SMILES string of the molecule is CC12C=CSC1(C)c1sccc1CC2. The van der Waals surface area contributed by atoms with Gasteiger partial charge in [-0.05, 0) is 42.2 Å². The molecule has 3 rings (SSSR count). The third kappa shape index (κ3) is 0.912. The molecule has 1 aliphatic carbocycles. The zero-order valence-electron chi connectivity index (χ0n) is 8.54. The highest BCUT2D eigenvalue weighted by atomic mass is 32.2. The summed E-state index contributed by atoms with van der Waals surface area (Å²) in [6.07, 6.45) is 4.98. The summed E-state index contributed by atoms with van der Waals surface area (Å²) in [6.45, 7) is 4.82. The van der Waals surface area contributed by atoms with Gasteiger partial charge in [-0.1, -0.05) is 13.0 Å². The predicted molar refractivity (Wildman–Crippen MR) is 64.8 cm³/mol. The maximum atomic E-state index is 2.42. The second-order valence-electron chi connectivity index (χ2n) is 4.65. The summed E-state index contributed by atoms with van der Waals surface area (Å²) >= 11 is 3.94. The molecule has 74 valence electrons. The van der Waals surface area contributed by atoms with Crippen LogP contribution < -0.4 is 0 Å². The van der Waals surface area contributed by atoms with Gasteiger partial charge in [0, 0.05) is 10.3 Å². The van der Waals surface area contributed by atoms with Crippen molar-refractivity contribution in [3.63, 3.8) is 0 Å². The van der Waals surface area contributed by atoms with E-state index < -0.39 is 0 Å². The molecule has 0 saturated carbocycles. The van der Waals surface area contributed by atoms with E-state index in [1.54, 1.807) is 10.4 Å². The van der Waals surface area contributed by atoms with E-state index in [0.717, 1.165) is 0 Å². The first kappa shape index (κ1) is 9.05. The van der Waals surface area contributed by atoms with E-state index in [-0.39, 0.29) is 0 Å². The van der Waals surface area contributed by atoms with Crippen LogP contribution in [0, 0.1) is 5.41 Å². The molecule has 1 aromatic rings. The number of hydrogen-bond donors (Lipinski definition) is 0. The topological polar surface area (TPSA) is 0 Å². The molecule has 14 heavy (non-hydrogen) atoms. The minimum absolute atomic E-state index is 0.314. The molecule has 0 radical (unpaired) electrons. The van der Waals surface area contributed by atoms with Crippen molar-refractivity contribution in [3.8, 4) is 0 Å². The Morgan fingerprint density at radius 2 is 2.21 bits per heavy atom. The van der Waals surface area contributed by atoms with Crippen molar-refractivity contribution in [3.05, 3.63) is 33.4 Å². The number of hydrogen-bond acceptors (Lipinski definition) is 2. The fourth-order valence-electron chi connectivity index (χ4n) is 2.59. The molecule has 1 aromatic heterocycles. The van der Waals surface area contributed by atoms with Gasteiger partial charge in [-0.2, -0.15) is 0 Å². The largest absolute Gasteiger partial charge is 0.147 e. The number of allylic oxidation sites excluding steroid dienone is 1. The van der Waals surface area contributed by atoms with Crippen molar-refractivity contribution < 1.29 is 0 Å². The monoisotopic (exact) mass is 222 g/mol. The first-order valence-electron chi connectivity index (χ1n) is 5.08. The van der Waals surface area contributed by atoms with E-state index in [4.69, 9.17) is 0 Å². The first-order valence-corrected chi connectivity index (χ1v) is 6.84. The lowest BCUT2D eigenvalue weighted by molar-refractivity contribution is 0.287. The highest BCUT2D eigenvalue weighted by molar-refractivity contribution is 8.03. The van der Waals surface area contributed by atoms with Crippen LogP contribution in [-0.4, -0.2) is 0 Å². The van der Waals surface area contributed by atoms with Crippen LogP contribution in [-0.2, 0) is 11.2 Å². The van der Waals surface area contributed by atoms with Crippen molar-refractivity contribution in [1.82, 2.24) is 0 Å². The van der Waals surface area contributed by atoms with Crippen molar-refractivity contribution in [2.45, 2.75) is 31.4 Å². The lowest BCUT2D eigenvalue weighted by Gasteiger charge is -2.43. The van der Waals surface area contributed by atoms with Crippen LogP contribution in [0.5, 0.6) is 0 Å². The van der Waals surface area contributed by atoms with Crippen molar-refractivity contribution >= 4 is 23.1 Å². The normalized spacial score (nSPS) is 39.6. The molecule has 0 N–H and O–H groups in total. The Kier molecular flexibility index (Phi) is 1.73. The zero-order valence-corrected chi connectivity index (χ0v) is 10.2. The minimum atomic E-state index is 0.314. The highest BCUT2D eigenvalue weighted by Crippen LogP contribution is 2.62. The van der Waals surface area contributed by atoms with Gasteiger partial charge in [-0.25, -0.2) is 0 Å². The standard InChI is InChI=1S/C12H14S2/c1-11-5-3-9-4-7-13-10(9)12(11,2)14-8-6-11/h4,6-8H,3,5H2,1-2H3. The maximum Gasteiger partial charge on any atom is 0.0605 e. The van der Waals surface area contributed by atoms with Crippen molar-refractivity contribution in [1.29, 1.82) is 0 Å². The quantitative estimate of drug-likeness (QED) is 0.634. The molecule has 1 aliphatic heterocycles. The number of aryl methyl sites for hydroxylation is 1. The Bertz CT molecular complexity index is 404. The summed E-state index contributed by atoms with van der Waals surface area (Å²) in [5.74, 6) is 0. The Labute approximate surface area is 93.4 Å². The molecule has 0 spiro atoms. The number of thiophene rings is 1. The lowest BCUT2D eigenvalue weighted by atomic mass is 9.68. The zero-order chi connectivity index (χ0) is 9.81.